The van der Waals surface area contributed by atoms with Gasteiger partial charge in [0.15, 0.2) is 0 Å². The molecule has 0 saturated heterocycles. The molecule has 0 aliphatic heterocycles. The Morgan fingerprint density at radius 1 is 1.38 bits per heavy atom. The first-order chi connectivity index (χ1) is 7.52. The summed E-state index contributed by atoms with van der Waals surface area (Å²) >= 11 is 8.10. The van der Waals surface area contributed by atoms with Gasteiger partial charge in [0.25, 0.3) is 0 Å². The molecule has 2 unspecified atom stereocenters. The van der Waals surface area contributed by atoms with E-state index in [-0.39, 0.29) is 6.04 Å². The first-order valence-corrected chi connectivity index (χ1v) is 6.99. The third-order valence-corrected chi connectivity index (χ3v) is 4.09. The molecule has 2 atom stereocenters. The van der Waals surface area contributed by atoms with Crippen LogP contribution in [0.5, 0.6) is 0 Å². The molecule has 0 aliphatic rings. The SMILES string of the molecule is CCC(C)Sc1ccc(CC(C)N)c(Cl)c1. The first kappa shape index (κ1) is 13.9. The molecule has 2 N–H and O–H groups in total. The predicted octanol–water partition coefficient (Wildman–Crippen LogP) is 4.12. The van der Waals surface area contributed by atoms with Gasteiger partial charge in [-0.3, -0.25) is 0 Å². The molecule has 90 valence electrons. The van der Waals surface area contributed by atoms with Crippen LogP contribution < -0.4 is 5.73 Å². The zero-order chi connectivity index (χ0) is 12.1. The number of rotatable bonds is 5. The summed E-state index contributed by atoms with van der Waals surface area (Å²) in [5.41, 5.74) is 6.91. The molecule has 0 aromatic heterocycles. The zero-order valence-corrected chi connectivity index (χ0v) is 11.7. The summed E-state index contributed by atoms with van der Waals surface area (Å²) in [6.45, 7) is 6.43. The zero-order valence-electron chi connectivity index (χ0n) is 10.2. The van der Waals surface area contributed by atoms with Crippen molar-refractivity contribution < 1.29 is 0 Å². The molecule has 1 aromatic rings. The Kier molecular flexibility index (Phi) is 5.67. The molecular formula is C13H20ClNS. The summed E-state index contributed by atoms with van der Waals surface area (Å²) < 4.78 is 0. The van der Waals surface area contributed by atoms with Gasteiger partial charge in [0.1, 0.15) is 0 Å². The molecule has 0 aliphatic carbocycles. The highest BCUT2D eigenvalue weighted by Gasteiger charge is 2.07. The van der Waals surface area contributed by atoms with Crippen LogP contribution in [-0.2, 0) is 6.42 Å². The van der Waals surface area contributed by atoms with Crippen molar-refractivity contribution in [2.24, 2.45) is 5.73 Å². The third-order valence-electron chi connectivity index (χ3n) is 2.48. The number of benzene rings is 1. The number of hydrogen-bond acceptors (Lipinski definition) is 2. The molecule has 0 radical (unpaired) electrons. The van der Waals surface area contributed by atoms with Crippen LogP contribution in [-0.4, -0.2) is 11.3 Å². The van der Waals surface area contributed by atoms with Crippen molar-refractivity contribution in [3.63, 3.8) is 0 Å². The summed E-state index contributed by atoms with van der Waals surface area (Å²) in [7, 11) is 0. The van der Waals surface area contributed by atoms with Gasteiger partial charge in [0.05, 0.1) is 0 Å². The Balaban J connectivity index is 2.74. The van der Waals surface area contributed by atoms with Crippen LogP contribution >= 0.6 is 23.4 Å². The molecule has 3 heteroatoms. The molecule has 0 amide bonds. The lowest BCUT2D eigenvalue weighted by Crippen LogP contribution is -2.17. The number of nitrogens with two attached hydrogens (primary N) is 1. The van der Waals surface area contributed by atoms with E-state index < -0.39 is 0 Å². The lowest BCUT2D eigenvalue weighted by atomic mass is 10.1. The molecule has 0 spiro atoms. The average molecular weight is 258 g/mol. The summed E-state index contributed by atoms with van der Waals surface area (Å²) in [5.74, 6) is 0. The fourth-order valence-electron chi connectivity index (χ4n) is 1.43. The number of halogens is 1. The summed E-state index contributed by atoms with van der Waals surface area (Å²) in [6.07, 6.45) is 2.01. The van der Waals surface area contributed by atoms with Gasteiger partial charge in [0.2, 0.25) is 0 Å². The van der Waals surface area contributed by atoms with Gasteiger partial charge >= 0.3 is 0 Å². The lowest BCUT2D eigenvalue weighted by Gasteiger charge is -2.11. The predicted molar refractivity (Wildman–Crippen MR) is 74.4 cm³/mol. The lowest BCUT2D eigenvalue weighted by molar-refractivity contribution is 0.738. The first-order valence-electron chi connectivity index (χ1n) is 5.73. The Labute approximate surface area is 108 Å². The average Bonchev–Trinajstić information content (AvgIpc) is 2.21. The van der Waals surface area contributed by atoms with Gasteiger partial charge in [-0.1, -0.05) is 31.5 Å². The second kappa shape index (κ2) is 6.53. The van der Waals surface area contributed by atoms with E-state index in [0.717, 1.165) is 17.0 Å². The van der Waals surface area contributed by atoms with Crippen LogP contribution in [0.4, 0.5) is 0 Å². The molecule has 1 nitrogen and oxygen atoms in total. The summed E-state index contributed by atoms with van der Waals surface area (Å²) in [4.78, 5) is 1.24. The smallest absolute Gasteiger partial charge is 0.0449 e. The minimum absolute atomic E-state index is 0.158. The monoisotopic (exact) mass is 257 g/mol. The number of hydrogen-bond donors (Lipinski definition) is 1. The summed E-state index contributed by atoms with van der Waals surface area (Å²) in [6, 6.07) is 6.44. The quantitative estimate of drug-likeness (QED) is 0.803. The Morgan fingerprint density at radius 2 is 2.06 bits per heavy atom. The van der Waals surface area contributed by atoms with Crippen LogP contribution in [0.1, 0.15) is 32.8 Å². The van der Waals surface area contributed by atoms with Crippen molar-refractivity contribution in [1.29, 1.82) is 0 Å². The Morgan fingerprint density at radius 3 is 2.56 bits per heavy atom. The van der Waals surface area contributed by atoms with E-state index >= 15 is 0 Å². The number of thioether (sulfide) groups is 1. The van der Waals surface area contributed by atoms with Crippen LogP contribution in [0.25, 0.3) is 0 Å². The molecular weight excluding hydrogens is 238 g/mol. The molecule has 1 aromatic carbocycles. The highest BCUT2D eigenvalue weighted by atomic mass is 35.5. The fraction of sp³-hybridized carbons (Fsp3) is 0.538. The van der Waals surface area contributed by atoms with E-state index in [1.54, 1.807) is 0 Å². The van der Waals surface area contributed by atoms with Crippen LogP contribution in [0.15, 0.2) is 23.1 Å². The van der Waals surface area contributed by atoms with Crippen molar-refractivity contribution in [2.75, 3.05) is 0 Å². The second-order valence-corrected chi connectivity index (χ2v) is 6.19. The van der Waals surface area contributed by atoms with Gasteiger partial charge < -0.3 is 5.73 Å². The van der Waals surface area contributed by atoms with Crippen molar-refractivity contribution in [3.05, 3.63) is 28.8 Å². The van der Waals surface area contributed by atoms with Crippen LogP contribution in [0.2, 0.25) is 5.02 Å². The normalized spacial score (nSPS) is 14.8. The third kappa shape index (κ3) is 4.36. The maximum absolute atomic E-state index is 6.23. The largest absolute Gasteiger partial charge is 0.328 e. The maximum Gasteiger partial charge on any atom is 0.0449 e. The van der Waals surface area contributed by atoms with E-state index in [0.29, 0.717) is 5.25 Å². The summed E-state index contributed by atoms with van der Waals surface area (Å²) in [5, 5.41) is 1.47. The highest BCUT2D eigenvalue weighted by Crippen LogP contribution is 2.29. The van der Waals surface area contributed by atoms with Crippen molar-refractivity contribution in [1.82, 2.24) is 0 Å². The Hall–Kier alpha value is -0.180. The van der Waals surface area contributed by atoms with Gasteiger partial charge in [-0.15, -0.1) is 11.8 Å². The van der Waals surface area contributed by atoms with Crippen molar-refractivity contribution in [3.8, 4) is 0 Å². The van der Waals surface area contributed by atoms with Crippen molar-refractivity contribution >= 4 is 23.4 Å². The van der Waals surface area contributed by atoms with E-state index in [1.807, 2.05) is 18.7 Å². The Bertz CT molecular complexity index is 339. The topological polar surface area (TPSA) is 26.0 Å². The maximum atomic E-state index is 6.23. The molecule has 0 heterocycles. The molecule has 16 heavy (non-hydrogen) atoms. The standard InChI is InChI=1S/C13H20ClNS/c1-4-10(3)16-12-6-5-11(7-9(2)15)13(14)8-12/h5-6,8-10H,4,7,15H2,1-3H3. The van der Waals surface area contributed by atoms with Gasteiger partial charge in [-0.05, 0) is 37.5 Å². The molecule has 1 rings (SSSR count). The van der Waals surface area contributed by atoms with E-state index in [1.165, 1.54) is 11.3 Å². The van der Waals surface area contributed by atoms with Crippen LogP contribution in [0, 0.1) is 0 Å². The molecule has 0 bridgehead atoms. The minimum atomic E-state index is 0.158. The fourth-order valence-corrected chi connectivity index (χ4v) is 2.72. The van der Waals surface area contributed by atoms with E-state index in [9.17, 15) is 0 Å². The van der Waals surface area contributed by atoms with Crippen molar-refractivity contribution in [2.45, 2.75) is 49.8 Å². The highest BCUT2D eigenvalue weighted by molar-refractivity contribution is 7.99. The minimum Gasteiger partial charge on any atom is -0.328 e. The van der Waals surface area contributed by atoms with Gasteiger partial charge in [0, 0.05) is 21.2 Å². The molecule has 0 saturated carbocycles. The second-order valence-electron chi connectivity index (χ2n) is 4.27. The van der Waals surface area contributed by atoms with Gasteiger partial charge in [-0.25, -0.2) is 0 Å². The molecule has 0 fully saturated rings. The van der Waals surface area contributed by atoms with E-state index in [4.69, 9.17) is 17.3 Å². The van der Waals surface area contributed by atoms with E-state index in [2.05, 4.69) is 32.0 Å². The van der Waals surface area contributed by atoms with Gasteiger partial charge in [-0.2, -0.15) is 0 Å². The van der Waals surface area contributed by atoms with Crippen LogP contribution in [0.3, 0.4) is 0 Å².